The Morgan fingerprint density at radius 3 is 2.47 bits per heavy atom. The highest BCUT2D eigenvalue weighted by molar-refractivity contribution is 6.12. The summed E-state index contributed by atoms with van der Waals surface area (Å²) in [4.78, 5) is 13.1. The number of nitrogens with one attached hydrogen (secondary N) is 1. The molecule has 1 aliphatic carbocycles. The molecule has 1 atom stereocenters. The Morgan fingerprint density at radius 2 is 1.73 bits per heavy atom. The van der Waals surface area contributed by atoms with Crippen LogP contribution < -0.4 is 14.8 Å². The van der Waals surface area contributed by atoms with E-state index in [0.29, 0.717) is 17.9 Å². The zero-order chi connectivity index (χ0) is 20.8. The molecule has 0 radical (unpaired) electrons. The van der Waals surface area contributed by atoms with Crippen LogP contribution in [0.25, 0.3) is 16.3 Å². The predicted molar refractivity (Wildman–Crippen MR) is 117 cm³/mol. The Morgan fingerprint density at radius 1 is 1.00 bits per heavy atom. The molecule has 0 saturated carbocycles. The number of benzene rings is 3. The molecule has 5 heteroatoms. The molecule has 0 spiro atoms. The van der Waals surface area contributed by atoms with Gasteiger partial charge in [-0.25, -0.2) is 0 Å². The lowest BCUT2D eigenvalue weighted by molar-refractivity contribution is -0.116. The Labute approximate surface area is 174 Å². The number of phenolic OH excluding ortho intramolecular Hbond substituents is 1. The summed E-state index contributed by atoms with van der Waals surface area (Å²) in [7, 11) is 3.01. The zero-order valence-corrected chi connectivity index (χ0v) is 17.0. The van der Waals surface area contributed by atoms with Crippen LogP contribution in [-0.4, -0.2) is 25.1 Å². The van der Waals surface area contributed by atoms with Gasteiger partial charge < -0.3 is 19.9 Å². The molecule has 3 aromatic rings. The van der Waals surface area contributed by atoms with Crippen LogP contribution in [0.4, 0.5) is 5.69 Å². The minimum absolute atomic E-state index is 0.0462. The number of methoxy groups -OCH3 is 2. The number of allylic oxidation sites excluding steroid dienone is 1. The Hall–Kier alpha value is -3.47. The minimum atomic E-state index is -0.329. The van der Waals surface area contributed by atoms with Gasteiger partial charge in [-0.15, -0.1) is 0 Å². The second-order valence-electron chi connectivity index (χ2n) is 7.73. The molecular formula is C25H23NO4. The third kappa shape index (κ3) is 2.73. The highest BCUT2D eigenvalue weighted by atomic mass is 16.5. The summed E-state index contributed by atoms with van der Waals surface area (Å²) < 4.78 is 10.7. The van der Waals surface area contributed by atoms with Crippen molar-refractivity contribution in [1.29, 1.82) is 0 Å². The maximum Gasteiger partial charge on any atom is 0.200 e. The summed E-state index contributed by atoms with van der Waals surface area (Å²) in [5.74, 6) is 0.759. The lowest BCUT2D eigenvalue weighted by atomic mass is 9.76. The Kier molecular flexibility index (Phi) is 4.39. The number of hydrogen-bond acceptors (Lipinski definition) is 5. The number of ketones is 1. The fraction of sp³-hybridized carbons (Fsp3) is 0.240. The van der Waals surface area contributed by atoms with Crippen molar-refractivity contribution in [1.82, 2.24) is 0 Å². The molecule has 2 N–H and O–H groups in total. The normalized spacial score (nSPS) is 17.9. The van der Waals surface area contributed by atoms with Gasteiger partial charge in [0.1, 0.15) is 0 Å². The van der Waals surface area contributed by atoms with Crippen LogP contribution in [0.5, 0.6) is 17.2 Å². The molecule has 0 aromatic heterocycles. The van der Waals surface area contributed by atoms with Gasteiger partial charge in [-0.3, -0.25) is 4.79 Å². The molecule has 0 bridgehead atoms. The molecule has 0 amide bonds. The first-order valence-corrected chi connectivity index (χ1v) is 10.1. The molecule has 0 saturated heterocycles. The van der Waals surface area contributed by atoms with Gasteiger partial charge in [-0.1, -0.05) is 30.3 Å². The fourth-order valence-corrected chi connectivity index (χ4v) is 4.73. The highest BCUT2D eigenvalue weighted by Crippen LogP contribution is 2.49. The van der Waals surface area contributed by atoms with E-state index in [4.69, 9.17) is 9.47 Å². The van der Waals surface area contributed by atoms with Crippen LogP contribution in [0.1, 0.15) is 36.4 Å². The van der Waals surface area contributed by atoms with Crippen LogP contribution in [0.3, 0.4) is 0 Å². The summed E-state index contributed by atoms with van der Waals surface area (Å²) in [6.45, 7) is 0. The average Bonchev–Trinajstić information content (AvgIpc) is 2.78. The first-order chi connectivity index (χ1) is 14.6. The van der Waals surface area contributed by atoms with Crippen LogP contribution in [0.15, 0.2) is 54.1 Å². The molecular weight excluding hydrogens is 378 g/mol. The maximum absolute atomic E-state index is 13.1. The fourth-order valence-electron chi connectivity index (χ4n) is 4.73. The van der Waals surface area contributed by atoms with E-state index in [1.165, 1.54) is 14.2 Å². The first-order valence-electron chi connectivity index (χ1n) is 10.1. The molecule has 1 aliphatic heterocycles. The summed E-state index contributed by atoms with van der Waals surface area (Å²) in [6.07, 6.45) is 2.27. The van der Waals surface area contributed by atoms with E-state index in [9.17, 15) is 9.90 Å². The largest absolute Gasteiger partial charge is 0.502 e. The second kappa shape index (κ2) is 7.10. The third-order valence-corrected chi connectivity index (χ3v) is 6.11. The number of carbonyl (C=O) groups is 1. The van der Waals surface area contributed by atoms with Gasteiger partial charge in [-0.05, 0) is 52.9 Å². The number of anilines is 1. The van der Waals surface area contributed by atoms with Crippen molar-refractivity contribution in [3.8, 4) is 17.2 Å². The minimum Gasteiger partial charge on any atom is -0.502 e. The number of rotatable bonds is 3. The van der Waals surface area contributed by atoms with E-state index in [-0.39, 0.29) is 17.6 Å². The maximum atomic E-state index is 13.1. The van der Waals surface area contributed by atoms with E-state index in [0.717, 1.165) is 51.6 Å². The molecule has 1 heterocycles. The van der Waals surface area contributed by atoms with Crippen molar-refractivity contribution >= 4 is 27.8 Å². The Balaban J connectivity index is 1.76. The molecule has 2 aliphatic rings. The van der Waals surface area contributed by atoms with Gasteiger partial charge in [-0.2, -0.15) is 0 Å². The number of aromatic hydroxyl groups is 1. The van der Waals surface area contributed by atoms with Crippen molar-refractivity contribution in [2.24, 2.45) is 0 Å². The molecule has 5 nitrogen and oxygen atoms in total. The zero-order valence-electron chi connectivity index (χ0n) is 17.0. The first kappa shape index (κ1) is 18.6. The van der Waals surface area contributed by atoms with Gasteiger partial charge in [0.15, 0.2) is 17.3 Å². The van der Waals surface area contributed by atoms with Gasteiger partial charge in [0.05, 0.1) is 20.3 Å². The van der Waals surface area contributed by atoms with E-state index < -0.39 is 0 Å². The summed E-state index contributed by atoms with van der Waals surface area (Å²) in [6, 6.07) is 15.7. The lowest BCUT2D eigenvalue weighted by Gasteiger charge is -2.35. The number of Topliss-reactive ketones (excluding diaryl/α,β-unsaturated/α-hetero) is 1. The van der Waals surface area contributed by atoms with E-state index in [2.05, 4.69) is 29.6 Å². The van der Waals surface area contributed by atoms with Gasteiger partial charge in [0.2, 0.25) is 5.75 Å². The molecule has 0 fully saturated rings. The molecule has 30 heavy (non-hydrogen) atoms. The van der Waals surface area contributed by atoms with Crippen LogP contribution in [0.2, 0.25) is 0 Å². The van der Waals surface area contributed by atoms with Crippen molar-refractivity contribution in [3.63, 3.8) is 0 Å². The summed E-state index contributed by atoms with van der Waals surface area (Å²) in [5, 5.41) is 16.2. The van der Waals surface area contributed by atoms with Crippen molar-refractivity contribution < 1.29 is 19.4 Å². The third-order valence-electron chi connectivity index (χ3n) is 6.11. The number of phenols is 1. The highest BCUT2D eigenvalue weighted by Gasteiger charge is 2.35. The summed E-state index contributed by atoms with van der Waals surface area (Å²) >= 11 is 0. The van der Waals surface area contributed by atoms with E-state index >= 15 is 0 Å². The number of carbonyl (C=O) groups excluding carboxylic acids is 1. The van der Waals surface area contributed by atoms with Gasteiger partial charge in [0.25, 0.3) is 0 Å². The topological polar surface area (TPSA) is 67.8 Å². The monoisotopic (exact) mass is 401 g/mol. The number of ether oxygens (including phenoxy) is 2. The quantitative estimate of drug-likeness (QED) is 0.629. The molecule has 0 unspecified atom stereocenters. The molecule has 152 valence electrons. The van der Waals surface area contributed by atoms with Crippen molar-refractivity contribution in [3.05, 3.63) is 65.2 Å². The van der Waals surface area contributed by atoms with Crippen molar-refractivity contribution in [2.45, 2.75) is 25.3 Å². The Bertz CT molecular complexity index is 1190. The smallest absolute Gasteiger partial charge is 0.200 e. The standard InChI is InChI=1S/C25H23NO4/c1-29-20-12-15(13-21(30-2)25(20)28)24-23-17(8-5-9-19(23)27)22-16-7-4-3-6-14(16)10-11-18(22)26-24/h3-4,6-7,10-13,24,26,28H,5,8-9H2,1-2H3/t24-/m0/s1. The van der Waals surface area contributed by atoms with Gasteiger partial charge >= 0.3 is 0 Å². The van der Waals surface area contributed by atoms with Gasteiger partial charge in [0, 0.05) is 23.2 Å². The number of fused-ring (bicyclic) bond motifs is 4. The van der Waals surface area contributed by atoms with E-state index in [1.807, 2.05) is 12.1 Å². The molecule has 3 aromatic carbocycles. The molecule has 5 rings (SSSR count). The van der Waals surface area contributed by atoms with Crippen LogP contribution in [0, 0.1) is 0 Å². The SMILES string of the molecule is COc1cc([C@@H]2Nc3ccc4ccccc4c3C3=C2C(=O)CCC3)cc(OC)c1O. The van der Waals surface area contributed by atoms with Crippen LogP contribution >= 0.6 is 0 Å². The van der Waals surface area contributed by atoms with Crippen molar-refractivity contribution in [2.75, 3.05) is 19.5 Å². The average molecular weight is 401 g/mol. The van der Waals surface area contributed by atoms with Crippen LogP contribution in [-0.2, 0) is 4.79 Å². The van der Waals surface area contributed by atoms with E-state index in [1.54, 1.807) is 12.1 Å². The predicted octanol–water partition coefficient (Wildman–Crippen LogP) is 5.24. The summed E-state index contributed by atoms with van der Waals surface area (Å²) in [5.41, 5.74) is 4.89. The number of hydrogen-bond donors (Lipinski definition) is 2. The second-order valence-corrected chi connectivity index (χ2v) is 7.73. The lowest BCUT2D eigenvalue weighted by Crippen LogP contribution is -2.27.